The van der Waals surface area contributed by atoms with Crippen molar-refractivity contribution in [2.75, 3.05) is 0 Å². The van der Waals surface area contributed by atoms with Gasteiger partial charge in [-0.3, -0.25) is 4.79 Å². The van der Waals surface area contributed by atoms with Crippen LogP contribution in [-0.2, 0) is 0 Å². The van der Waals surface area contributed by atoms with Crippen LogP contribution in [0.2, 0.25) is 0 Å². The van der Waals surface area contributed by atoms with Crippen LogP contribution in [0, 0.1) is 11.6 Å². The number of aldehydes is 1. The smallest absolute Gasteiger partial charge is 0.155 e. The molecule has 2 aromatic carbocycles. The number of carbonyl (C=O) groups is 1. The molecule has 1 aromatic heterocycles. The Kier molecular flexibility index (Phi) is 3.85. The normalized spacial score (nSPS) is 10.7. The van der Waals surface area contributed by atoms with Gasteiger partial charge in [-0.05, 0) is 64.5 Å². The van der Waals surface area contributed by atoms with Gasteiger partial charge in [-0.25, -0.2) is 13.5 Å². The molecule has 0 saturated heterocycles. The molecule has 0 atom stereocenters. The van der Waals surface area contributed by atoms with Crippen molar-refractivity contribution < 1.29 is 13.6 Å². The molecule has 0 aliphatic rings. The molecule has 22 heavy (non-hydrogen) atoms. The second-order valence-corrected chi connectivity index (χ2v) is 5.32. The first kappa shape index (κ1) is 14.6. The second-order valence-electron chi connectivity index (χ2n) is 4.57. The third-order valence-corrected chi connectivity index (χ3v) is 3.93. The fraction of sp³-hybridized carbons (Fsp3) is 0. The number of carbonyl (C=O) groups excluding carboxylic acids is 1. The number of hydrogen-bond donors (Lipinski definition) is 0. The van der Waals surface area contributed by atoms with Crippen molar-refractivity contribution in [2.24, 2.45) is 0 Å². The van der Waals surface area contributed by atoms with Gasteiger partial charge in [-0.1, -0.05) is 0 Å². The maximum atomic E-state index is 13.0. The summed E-state index contributed by atoms with van der Waals surface area (Å²) in [5.74, 6) is -0.727. The van der Waals surface area contributed by atoms with Gasteiger partial charge in [0, 0.05) is 5.56 Å². The maximum Gasteiger partial charge on any atom is 0.155 e. The molecule has 0 spiro atoms. The fourth-order valence-corrected chi connectivity index (χ4v) is 2.65. The van der Waals surface area contributed by atoms with Crippen molar-refractivity contribution in [2.45, 2.75) is 0 Å². The van der Waals surface area contributed by atoms with Crippen molar-refractivity contribution in [3.8, 4) is 16.9 Å². The molecular weight excluding hydrogens is 354 g/mol. The van der Waals surface area contributed by atoms with Crippen molar-refractivity contribution in [3.63, 3.8) is 0 Å². The predicted octanol–water partition coefficient (Wildman–Crippen LogP) is 4.39. The summed E-state index contributed by atoms with van der Waals surface area (Å²) in [6.07, 6.45) is 0.676. The molecule has 0 amide bonds. The molecule has 0 fully saturated rings. The van der Waals surface area contributed by atoms with E-state index in [0.717, 1.165) is 0 Å². The Balaban J connectivity index is 2.16. The second kappa shape index (κ2) is 5.81. The summed E-state index contributed by atoms with van der Waals surface area (Å²) in [7, 11) is 0. The lowest BCUT2D eigenvalue weighted by atomic mass is 10.1. The van der Waals surface area contributed by atoms with E-state index in [1.165, 1.54) is 28.9 Å². The fourth-order valence-electron chi connectivity index (χ4n) is 2.09. The summed E-state index contributed by atoms with van der Waals surface area (Å²) in [5.41, 5.74) is 1.98. The molecule has 3 nitrogen and oxygen atoms in total. The Hall–Kier alpha value is -2.34. The summed E-state index contributed by atoms with van der Waals surface area (Å²) in [6, 6.07) is 11.4. The van der Waals surface area contributed by atoms with Gasteiger partial charge < -0.3 is 0 Å². The van der Waals surface area contributed by atoms with Crippen LogP contribution in [0.3, 0.4) is 0 Å². The molecule has 6 heteroatoms. The third kappa shape index (κ3) is 2.57. The first-order valence-electron chi connectivity index (χ1n) is 6.35. The highest BCUT2D eigenvalue weighted by Crippen LogP contribution is 2.30. The van der Waals surface area contributed by atoms with Crippen LogP contribution in [0.15, 0.2) is 53.1 Å². The molecule has 0 saturated carbocycles. The zero-order valence-corrected chi connectivity index (χ0v) is 12.7. The summed E-state index contributed by atoms with van der Waals surface area (Å²) in [5, 5.41) is 4.37. The lowest BCUT2D eigenvalue weighted by Gasteiger charge is -2.02. The van der Waals surface area contributed by atoms with E-state index in [4.69, 9.17) is 0 Å². The van der Waals surface area contributed by atoms with E-state index >= 15 is 0 Å². The lowest BCUT2D eigenvalue weighted by Crippen LogP contribution is -1.97. The van der Waals surface area contributed by atoms with E-state index in [1.54, 1.807) is 24.3 Å². The van der Waals surface area contributed by atoms with Gasteiger partial charge >= 0.3 is 0 Å². The SMILES string of the molecule is O=Cc1c(-c2ccc(F)cc2)nn(-c2ccc(F)cc2)c1Br. The third-order valence-electron chi connectivity index (χ3n) is 3.17. The molecule has 0 bridgehead atoms. The molecule has 1 heterocycles. The molecule has 3 aromatic rings. The van der Waals surface area contributed by atoms with Crippen LogP contribution in [0.25, 0.3) is 16.9 Å². The summed E-state index contributed by atoms with van der Waals surface area (Å²) < 4.78 is 28.0. The molecule has 3 rings (SSSR count). The van der Waals surface area contributed by atoms with Crippen LogP contribution >= 0.6 is 15.9 Å². The molecular formula is C16H9BrF2N2O. The Morgan fingerprint density at radius 3 is 2.05 bits per heavy atom. The van der Waals surface area contributed by atoms with Crippen molar-refractivity contribution in [1.82, 2.24) is 9.78 Å². The van der Waals surface area contributed by atoms with Crippen LogP contribution in [0.5, 0.6) is 0 Å². The van der Waals surface area contributed by atoms with E-state index in [2.05, 4.69) is 21.0 Å². The topological polar surface area (TPSA) is 34.9 Å². The summed E-state index contributed by atoms with van der Waals surface area (Å²) >= 11 is 3.33. The van der Waals surface area contributed by atoms with Gasteiger partial charge in [-0.15, -0.1) is 0 Å². The molecule has 0 unspecified atom stereocenters. The Bertz CT molecular complexity index is 827. The molecule has 0 aliphatic heterocycles. The highest BCUT2D eigenvalue weighted by molar-refractivity contribution is 9.10. The average Bonchev–Trinajstić information content (AvgIpc) is 2.85. The molecule has 0 radical (unpaired) electrons. The number of aromatic nitrogens is 2. The van der Waals surface area contributed by atoms with E-state index in [0.29, 0.717) is 33.4 Å². The predicted molar refractivity (Wildman–Crippen MR) is 82.0 cm³/mol. The lowest BCUT2D eigenvalue weighted by molar-refractivity contribution is 0.112. The van der Waals surface area contributed by atoms with E-state index in [-0.39, 0.29) is 11.6 Å². The number of halogens is 3. The average molecular weight is 363 g/mol. The van der Waals surface area contributed by atoms with Crippen LogP contribution in [0.4, 0.5) is 8.78 Å². The number of benzene rings is 2. The van der Waals surface area contributed by atoms with Gasteiger partial charge in [0.05, 0.1) is 11.3 Å². The minimum Gasteiger partial charge on any atom is -0.298 e. The van der Waals surface area contributed by atoms with Gasteiger partial charge in [0.1, 0.15) is 21.9 Å². The zero-order valence-electron chi connectivity index (χ0n) is 11.1. The summed E-state index contributed by atoms with van der Waals surface area (Å²) in [4.78, 5) is 11.4. The van der Waals surface area contributed by atoms with E-state index in [1.807, 2.05) is 0 Å². The zero-order chi connectivity index (χ0) is 15.7. The maximum absolute atomic E-state index is 13.0. The van der Waals surface area contributed by atoms with Crippen LogP contribution in [0.1, 0.15) is 10.4 Å². The minimum absolute atomic E-state index is 0.343. The Morgan fingerprint density at radius 2 is 1.50 bits per heavy atom. The van der Waals surface area contributed by atoms with Crippen LogP contribution in [-0.4, -0.2) is 16.1 Å². The first-order valence-corrected chi connectivity index (χ1v) is 7.15. The number of hydrogen-bond acceptors (Lipinski definition) is 2. The monoisotopic (exact) mass is 362 g/mol. The molecule has 110 valence electrons. The minimum atomic E-state index is -0.367. The first-order chi connectivity index (χ1) is 10.6. The number of nitrogens with zero attached hydrogens (tertiary/aromatic N) is 2. The van der Waals surface area contributed by atoms with Gasteiger partial charge in [0.15, 0.2) is 6.29 Å². The van der Waals surface area contributed by atoms with Crippen molar-refractivity contribution in [1.29, 1.82) is 0 Å². The Labute approximate surface area is 133 Å². The molecule has 0 N–H and O–H groups in total. The van der Waals surface area contributed by atoms with E-state index in [9.17, 15) is 13.6 Å². The van der Waals surface area contributed by atoms with Gasteiger partial charge in [-0.2, -0.15) is 5.10 Å². The van der Waals surface area contributed by atoms with Gasteiger partial charge in [0.2, 0.25) is 0 Å². The Morgan fingerprint density at radius 1 is 0.955 bits per heavy atom. The number of rotatable bonds is 3. The van der Waals surface area contributed by atoms with E-state index < -0.39 is 0 Å². The van der Waals surface area contributed by atoms with Crippen molar-refractivity contribution >= 4 is 22.2 Å². The van der Waals surface area contributed by atoms with Crippen LogP contribution < -0.4 is 0 Å². The standard InChI is InChI=1S/C16H9BrF2N2O/c17-16-14(9-22)15(10-1-3-11(18)4-2-10)20-21(16)13-7-5-12(19)6-8-13/h1-9H. The summed E-state index contributed by atoms with van der Waals surface area (Å²) in [6.45, 7) is 0. The van der Waals surface area contributed by atoms with Gasteiger partial charge in [0.25, 0.3) is 0 Å². The van der Waals surface area contributed by atoms with Crippen molar-refractivity contribution in [3.05, 3.63) is 70.3 Å². The quantitative estimate of drug-likeness (QED) is 0.647. The molecule has 0 aliphatic carbocycles. The highest BCUT2D eigenvalue weighted by Gasteiger charge is 2.18. The highest BCUT2D eigenvalue weighted by atomic mass is 79.9. The largest absolute Gasteiger partial charge is 0.298 e.